The van der Waals surface area contributed by atoms with E-state index in [-0.39, 0.29) is 5.75 Å². The van der Waals surface area contributed by atoms with Crippen LogP contribution in [0.3, 0.4) is 0 Å². The van der Waals surface area contributed by atoms with Gasteiger partial charge < -0.3 is 4.74 Å². The van der Waals surface area contributed by atoms with Crippen LogP contribution in [-0.2, 0) is 10.0 Å². The first-order chi connectivity index (χ1) is 7.96. The van der Waals surface area contributed by atoms with E-state index in [9.17, 15) is 8.42 Å². The van der Waals surface area contributed by atoms with Crippen molar-refractivity contribution in [1.29, 1.82) is 5.26 Å². The normalized spacial score (nSPS) is 10.9. The van der Waals surface area contributed by atoms with Crippen LogP contribution in [0.5, 0.6) is 5.75 Å². The number of methoxy groups -OCH3 is 1. The van der Waals surface area contributed by atoms with Gasteiger partial charge in [0.15, 0.2) is 0 Å². The third kappa shape index (κ3) is 4.65. The molecule has 0 saturated carbocycles. The molecule has 2 N–H and O–H groups in total. The van der Waals surface area contributed by atoms with Gasteiger partial charge in [0, 0.05) is 10.6 Å². The molecule has 0 fully saturated rings. The number of hydrogen-bond acceptors (Lipinski definition) is 5. The topological polar surface area (TPSA) is 93.2 Å². The average Bonchev–Trinajstić information content (AvgIpc) is 2.27. The molecule has 0 aliphatic rings. The number of rotatable bonds is 5. The molecule has 7 heteroatoms. The smallest absolute Gasteiger partial charge is 0.209 e. The second-order valence-corrected chi connectivity index (χ2v) is 6.06. The lowest BCUT2D eigenvalue weighted by Gasteiger charge is -2.06. The standard InChI is InChI=1S/C10H12N2O3S2/c1-15-9-3-2-8(7-11)10(6-9)16-4-5-17(12,13)14/h2-3,6H,4-5H2,1H3,(H2,12,13,14). The highest BCUT2D eigenvalue weighted by Gasteiger charge is 2.07. The molecule has 5 nitrogen and oxygen atoms in total. The number of nitriles is 1. The first kappa shape index (κ1) is 13.8. The molecule has 0 aliphatic heterocycles. The molecule has 0 radical (unpaired) electrons. The number of sulfonamides is 1. The molecule has 1 aromatic rings. The highest BCUT2D eigenvalue weighted by Crippen LogP contribution is 2.26. The van der Waals surface area contributed by atoms with Gasteiger partial charge >= 0.3 is 0 Å². The fourth-order valence-corrected chi connectivity index (χ4v) is 3.06. The average molecular weight is 272 g/mol. The zero-order valence-corrected chi connectivity index (χ0v) is 10.8. The second kappa shape index (κ2) is 5.91. The third-order valence-electron chi connectivity index (χ3n) is 1.93. The van der Waals surface area contributed by atoms with Gasteiger partial charge in [0.2, 0.25) is 10.0 Å². The van der Waals surface area contributed by atoms with E-state index in [2.05, 4.69) is 0 Å². The Hall–Kier alpha value is -1.23. The lowest BCUT2D eigenvalue weighted by Crippen LogP contribution is -2.17. The summed E-state index contributed by atoms with van der Waals surface area (Å²) in [5.74, 6) is 0.808. The monoisotopic (exact) mass is 272 g/mol. The van der Waals surface area contributed by atoms with Crippen molar-refractivity contribution in [1.82, 2.24) is 0 Å². The van der Waals surface area contributed by atoms with Crippen LogP contribution in [-0.4, -0.2) is 27.0 Å². The molecule has 1 aromatic carbocycles. The molecule has 0 spiro atoms. The Morgan fingerprint density at radius 2 is 2.24 bits per heavy atom. The maximum atomic E-state index is 10.8. The van der Waals surface area contributed by atoms with E-state index in [1.54, 1.807) is 18.2 Å². The largest absolute Gasteiger partial charge is 0.497 e. The minimum absolute atomic E-state index is 0.125. The molecule has 0 aromatic heterocycles. The molecule has 0 aliphatic carbocycles. The minimum Gasteiger partial charge on any atom is -0.497 e. The van der Waals surface area contributed by atoms with E-state index in [0.717, 1.165) is 0 Å². The molecule has 0 heterocycles. The van der Waals surface area contributed by atoms with Gasteiger partial charge in [-0.2, -0.15) is 5.26 Å². The lowest BCUT2D eigenvalue weighted by atomic mass is 10.2. The van der Waals surface area contributed by atoms with E-state index in [4.69, 9.17) is 15.1 Å². The van der Waals surface area contributed by atoms with E-state index in [1.165, 1.54) is 18.9 Å². The van der Waals surface area contributed by atoms with E-state index >= 15 is 0 Å². The molecule has 17 heavy (non-hydrogen) atoms. The summed E-state index contributed by atoms with van der Waals surface area (Å²) >= 11 is 1.27. The van der Waals surface area contributed by atoms with Gasteiger partial charge in [0.05, 0.1) is 18.4 Å². The fourth-order valence-electron chi connectivity index (χ4n) is 1.11. The van der Waals surface area contributed by atoms with Crippen molar-refractivity contribution in [3.8, 4) is 11.8 Å². The molecule has 0 bridgehead atoms. The number of primary sulfonamides is 1. The van der Waals surface area contributed by atoms with Crippen molar-refractivity contribution in [3.63, 3.8) is 0 Å². The zero-order valence-electron chi connectivity index (χ0n) is 9.21. The van der Waals surface area contributed by atoms with Crippen molar-refractivity contribution >= 4 is 21.8 Å². The summed E-state index contributed by atoms with van der Waals surface area (Å²) in [6.07, 6.45) is 0. The van der Waals surface area contributed by atoms with Gasteiger partial charge in [0.25, 0.3) is 0 Å². The van der Waals surface area contributed by atoms with Crippen molar-refractivity contribution in [2.75, 3.05) is 18.6 Å². The maximum Gasteiger partial charge on any atom is 0.209 e. The molecule has 0 atom stereocenters. The van der Waals surface area contributed by atoms with Gasteiger partial charge in [-0.15, -0.1) is 11.8 Å². The Kier molecular flexibility index (Phi) is 4.81. The van der Waals surface area contributed by atoms with Crippen LogP contribution in [0.2, 0.25) is 0 Å². The Bertz CT molecular complexity index is 535. The summed E-state index contributed by atoms with van der Waals surface area (Å²) in [5, 5.41) is 13.8. The quantitative estimate of drug-likeness (QED) is 0.805. The van der Waals surface area contributed by atoms with Gasteiger partial charge in [-0.3, -0.25) is 0 Å². The maximum absolute atomic E-state index is 10.8. The number of thioether (sulfide) groups is 1. The van der Waals surface area contributed by atoms with Crippen LogP contribution >= 0.6 is 11.8 Å². The van der Waals surface area contributed by atoms with Crippen LogP contribution in [0, 0.1) is 11.3 Å². The molecule has 0 unspecified atom stereocenters. The summed E-state index contributed by atoms with van der Waals surface area (Å²) in [7, 11) is -1.94. The SMILES string of the molecule is COc1ccc(C#N)c(SCCS(N)(=O)=O)c1. The first-order valence-corrected chi connectivity index (χ1v) is 7.38. The molecule has 1 rings (SSSR count). The summed E-state index contributed by atoms with van der Waals surface area (Å²) in [5.41, 5.74) is 0.491. The van der Waals surface area contributed by atoms with Crippen LogP contribution < -0.4 is 9.88 Å². The van der Waals surface area contributed by atoms with E-state index in [0.29, 0.717) is 22.0 Å². The summed E-state index contributed by atoms with van der Waals surface area (Å²) in [6, 6.07) is 7.06. The summed E-state index contributed by atoms with van der Waals surface area (Å²) in [4.78, 5) is 0.690. The number of nitrogens with two attached hydrogens (primary N) is 1. The van der Waals surface area contributed by atoms with E-state index in [1.807, 2.05) is 6.07 Å². The van der Waals surface area contributed by atoms with Gasteiger partial charge in [-0.25, -0.2) is 13.6 Å². The number of nitrogens with zero attached hydrogens (tertiary/aromatic N) is 1. The molecule has 0 amide bonds. The fraction of sp³-hybridized carbons (Fsp3) is 0.300. The van der Waals surface area contributed by atoms with Crippen LogP contribution in [0.1, 0.15) is 5.56 Å². The summed E-state index contributed by atoms with van der Waals surface area (Å²) in [6.45, 7) is 0. The number of ether oxygens (including phenoxy) is 1. The van der Waals surface area contributed by atoms with Crippen molar-refractivity contribution < 1.29 is 13.2 Å². The summed E-state index contributed by atoms with van der Waals surface area (Å²) < 4.78 is 26.6. The molecular weight excluding hydrogens is 260 g/mol. The van der Waals surface area contributed by atoms with Crippen LogP contribution in [0.4, 0.5) is 0 Å². The molecule has 92 valence electrons. The third-order valence-corrected chi connectivity index (χ3v) is 4.02. The Balaban J connectivity index is 2.79. The van der Waals surface area contributed by atoms with Gasteiger partial charge in [0.1, 0.15) is 11.8 Å². The van der Waals surface area contributed by atoms with Gasteiger partial charge in [-0.05, 0) is 18.2 Å². The van der Waals surface area contributed by atoms with Crippen LogP contribution in [0.15, 0.2) is 23.1 Å². The van der Waals surface area contributed by atoms with Crippen molar-refractivity contribution in [2.45, 2.75) is 4.90 Å². The lowest BCUT2D eigenvalue weighted by molar-refractivity contribution is 0.413. The second-order valence-electron chi connectivity index (χ2n) is 3.19. The van der Waals surface area contributed by atoms with Crippen molar-refractivity contribution in [2.24, 2.45) is 5.14 Å². The van der Waals surface area contributed by atoms with E-state index < -0.39 is 10.0 Å². The number of hydrogen-bond donors (Lipinski definition) is 1. The first-order valence-electron chi connectivity index (χ1n) is 4.67. The van der Waals surface area contributed by atoms with Crippen molar-refractivity contribution in [3.05, 3.63) is 23.8 Å². The van der Waals surface area contributed by atoms with Crippen LogP contribution in [0.25, 0.3) is 0 Å². The highest BCUT2D eigenvalue weighted by atomic mass is 32.2. The Morgan fingerprint density at radius 1 is 1.53 bits per heavy atom. The van der Waals surface area contributed by atoms with Gasteiger partial charge in [-0.1, -0.05) is 0 Å². The Morgan fingerprint density at radius 3 is 2.76 bits per heavy atom. The Labute approximate surface area is 105 Å². The predicted octanol–water partition coefficient (Wildman–Crippen LogP) is 0.947. The molecular formula is C10H12N2O3S2. The minimum atomic E-state index is -3.46. The highest BCUT2D eigenvalue weighted by molar-refractivity contribution is 8.00. The zero-order chi connectivity index (χ0) is 12.9. The molecule has 0 saturated heterocycles. The predicted molar refractivity (Wildman–Crippen MR) is 66.4 cm³/mol. The number of benzene rings is 1.